The number of nitrogens with one attached hydrogen (secondary N) is 3. The molecule has 0 unspecified atom stereocenters. The maximum Gasteiger partial charge on any atom is 0.288 e. The third-order valence-corrected chi connectivity index (χ3v) is 4.15. The molecule has 9 nitrogen and oxygen atoms in total. The van der Waals surface area contributed by atoms with E-state index in [2.05, 4.69) is 26.0 Å². The Morgan fingerprint density at radius 1 is 0.903 bits per heavy atom. The lowest BCUT2D eigenvalue weighted by Gasteiger charge is -2.01. The molecule has 3 heterocycles. The first kappa shape index (κ1) is 21.3. The number of aromatic nitrogens is 1. The number of amides is 2. The Kier molecular flexibility index (Phi) is 7.15. The molecule has 2 amide bonds. The monoisotopic (exact) mass is 419 g/mol. The number of aryl methyl sites for hydroxylation is 1. The molecule has 0 atom stereocenters. The summed E-state index contributed by atoms with van der Waals surface area (Å²) in [6.07, 6.45) is 12.6. The van der Waals surface area contributed by atoms with Crippen LogP contribution in [0.4, 0.5) is 0 Å². The van der Waals surface area contributed by atoms with Crippen LogP contribution in [0.25, 0.3) is 12.2 Å². The zero-order chi connectivity index (χ0) is 22.1. The lowest BCUT2D eigenvalue weighted by atomic mass is 10.1. The molecule has 0 saturated heterocycles. The minimum absolute atomic E-state index is 0.247. The van der Waals surface area contributed by atoms with Gasteiger partial charge in [-0.25, -0.2) is 10.9 Å². The molecule has 3 aromatic rings. The van der Waals surface area contributed by atoms with Crippen LogP contribution in [-0.2, 0) is 0 Å². The summed E-state index contributed by atoms with van der Waals surface area (Å²) in [5.41, 5.74) is 6.48. The second kappa shape index (κ2) is 10.4. The topological polar surface area (TPSA) is 125 Å². The number of aromatic amines is 1. The summed E-state index contributed by atoms with van der Waals surface area (Å²) >= 11 is 0. The predicted molar refractivity (Wildman–Crippen MR) is 118 cm³/mol. The highest BCUT2D eigenvalue weighted by Crippen LogP contribution is 2.17. The van der Waals surface area contributed by atoms with E-state index in [9.17, 15) is 9.59 Å². The van der Waals surface area contributed by atoms with Gasteiger partial charge in [0.05, 0.1) is 18.1 Å². The second-order valence-corrected chi connectivity index (χ2v) is 6.31. The fourth-order valence-corrected chi connectivity index (χ4v) is 2.76. The van der Waals surface area contributed by atoms with Crippen molar-refractivity contribution in [3.63, 3.8) is 0 Å². The summed E-state index contributed by atoms with van der Waals surface area (Å²) in [7, 11) is 0. The number of rotatable bonds is 8. The van der Waals surface area contributed by atoms with Crippen LogP contribution in [0.5, 0.6) is 0 Å². The SMILES string of the molecule is Cc1[nH]c(C(=O)N/N=C/C=C/c2ccco2)c(C)c1C(=O)N/N=C/C=C/c1ccco1. The fourth-order valence-electron chi connectivity index (χ4n) is 2.76. The molecule has 0 aromatic carbocycles. The minimum Gasteiger partial charge on any atom is -0.465 e. The Labute approximate surface area is 178 Å². The van der Waals surface area contributed by atoms with Gasteiger partial charge in [-0.2, -0.15) is 10.2 Å². The highest BCUT2D eigenvalue weighted by Gasteiger charge is 2.21. The number of carbonyl (C=O) groups is 2. The van der Waals surface area contributed by atoms with E-state index in [1.165, 1.54) is 12.4 Å². The first-order valence-corrected chi connectivity index (χ1v) is 9.32. The van der Waals surface area contributed by atoms with Crippen molar-refractivity contribution in [1.82, 2.24) is 15.8 Å². The van der Waals surface area contributed by atoms with Crippen LogP contribution in [0.1, 0.15) is 43.6 Å². The van der Waals surface area contributed by atoms with Crippen LogP contribution >= 0.6 is 0 Å². The summed E-state index contributed by atoms with van der Waals surface area (Å²) in [6, 6.07) is 7.12. The molecule has 0 bridgehead atoms. The van der Waals surface area contributed by atoms with Crippen molar-refractivity contribution in [1.29, 1.82) is 0 Å². The van der Waals surface area contributed by atoms with E-state index in [4.69, 9.17) is 8.83 Å². The van der Waals surface area contributed by atoms with E-state index in [0.717, 1.165) is 0 Å². The maximum absolute atomic E-state index is 12.5. The number of allylic oxidation sites excluding steroid dienone is 2. The lowest BCUT2D eigenvalue weighted by Crippen LogP contribution is -2.20. The van der Waals surface area contributed by atoms with Crippen molar-refractivity contribution >= 4 is 36.4 Å². The molecule has 0 spiro atoms. The molecular formula is C22H21N5O4. The van der Waals surface area contributed by atoms with E-state index in [0.29, 0.717) is 28.3 Å². The van der Waals surface area contributed by atoms with Crippen LogP contribution < -0.4 is 10.9 Å². The van der Waals surface area contributed by atoms with E-state index in [1.807, 2.05) is 0 Å². The number of furan rings is 2. The average Bonchev–Trinajstić information content (AvgIpc) is 3.50. The summed E-state index contributed by atoms with van der Waals surface area (Å²) in [5.74, 6) is 0.443. The summed E-state index contributed by atoms with van der Waals surface area (Å²) < 4.78 is 10.3. The third kappa shape index (κ3) is 5.80. The molecule has 0 saturated carbocycles. The molecular weight excluding hydrogens is 398 g/mol. The minimum atomic E-state index is -0.466. The van der Waals surface area contributed by atoms with Crippen LogP contribution in [0.3, 0.4) is 0 Å². The lowest BCUT2D eigenvalue weighted by molar-refractivity contribution is 0.0948. The number of H-pyrrole nitrogens is 1. The number of carbonyl (C=O) groups excluding carboxylic acids is 2. The maximum atomic E-state index is 12.5. The van der Waals surface area contributed by atoms with Crippen molar-refractivity contribution in [2.75, 3.05) is 0 Å². The van der Waals surface area contributed by atoms with E-state index < -0.39 is 11.8 Å². The Hall–Kier alpha value is -4.40. The van der Waals surface area contributed by atoms with Gasteiger partial charge in [0.1, 0.15) is 17.2 Å². The molecule has 3 N–H and O–H groups in total. The van der Waals surface area contributed by atoms with Gasteiger partial charge in [-0.1, -0.05) is 0 Å². The summed E-state index contributed by atoms with van der Waals surface area (Å²) in [5, 5.41) is 7.72. The first-order chi connectivity index (χ1) is 15.1. The summed E-state index contributed by atoms with van der Waals surface area (Å²) in [4.78, 5) is 27.8. The standard InChI is InChI=1S/C22H21N5O4/c1-15-19(21(28)26-23-11-3-7-17-9-5-13-30-17)16(2)25-20(15)22(29)27-24-12-4-8-18-10-6-14-31-18/h3-14,25H,1-2H3,(H,26,28)(H,27,29)/b7-3+,8-4+,23-11+,24-12+. The van der Waals surface area contributed by atoms with Gasteiger partial charge in [0.25, 0.3) is 11.8 Å². The Morgan fingerprint density at radius 2 is 1.45 bits per heavy atom. The number of nitrogens with zero attached hydrogens (tertiary/aromatic N) is 2. The Morgan fingerprint density at radius 3 is 1.97 bits per heavy atom. The molecule has 0 fully saturated rings. The Balaban J connectivity index is 1.57. The van der Waals surface area contributed by atoms with Crippen LogP contribution in [0.15, 0.2) is 68.0 Å². The fraction of sp³-hybridized carbons (Fsp3) is 0.0909. The molecule has 0 radical (unpaired) electrons. The Bertz CT molecular complexity index is 1130. The largest absolute Gasteiger partial charge is 0.465 e. The van der Waals surface area contributed by atoms with Gasteiger partial charge < -0.3 is 13.8 Å². The van der Waals surface area contributed by atoms with E-state index >= 15 is 0 Å². The van der Waals surface area contributed by atoms with Crippen LogP contribution in [-0.4, -0.2) is 29.2 Å². The molecule has 0 aliphatic carbocycles. The number of hydrogen-bond donors (Lipinski definition) is 3. The highest BCUT2D eigenvalue weighted by atomic mass is 16.3. The van der Waals surface area contributed by atoms with Crippen molar-refractivity contribution in [2.24, 2.45) is 10.2 Å². The number of hydrazone groups is 2. The van der Waals surface area contributed by atoms with Gasteiger partial charge in [-0.3, -0.25) is 9.59 Å². The van der Waals surface area contributed by atoms with Crippen LogP contribution in [0, 0.1) is 13.8 Å². The van der Waals surface area contributed by atoms with Gasteiger partial charge >= 0.3 is 0 Å². The zero-order valence-electron chi connectivity index (χ0n) is 17.0. The van der Waals surface area contributed by atoms with Crippen molar-refractivity contribution in [3.8, 4) is 0 Å². The van der Waals surface area contributed by atoms with Crippen LogP contribution in [0.2, 0.25) is 0 Å². The average molecular weight is 419 g/mol. The third-order valence-electron chi connectivity index (χ3n) is 4.15. The van der Waals surface area contributed by atoms with Gasteiger partial charge in [-0.05, 0) is 68.0 Å². The van der Waals surface area contributed by atoms with Crippen molar-refractivity contribution in [3.05, 3.63) is 83.0 Å². The summed E-state index contributed by atoms with van der Waals surface area (Å²) in [6.45, 7) is 3.38. The molecule has 3 rings (SSSR count). The normalized spacial score (nSPS) is 11.9. The second-order valence-electron chi connectivity index (χ2n) is 6.31. The highest BCUT2D eigenvalue weighted by molar-refractivity contribution is 6.02. The first-order valence-electron chi connectivity index (χ1n) is 9.32. The van der Waals surface area contributed by atoms with Gasteiger partial charge in [-0.15, -0.1) is 0 Å². The molecule has 31 heavy (non-hydrogen) atoms. The predicted octanol–water partition coefficient (Wildman–Crippen LogP) is 3.68. The quantitative estimate of drug-likeness (QED) is 0.380. The van der Waals surface area contributed by atoms with Gasteiger partial charge in [0.2, 0.25) is 0 Å². The zero-order valence-corrected chi connectivity index (χ0v) is 17.0. The molecule has 0 aliphatic rings. The van der Waals surface area contributed by atoms with Gasteiger partial charge in [0.15, 0.2) is 0 Å². The number of hydrogen-bond acceptors (Lipinski definition) is 6. The molecule has 9 heteroatoms. The van der Waals surface area contributed by atoms with E-state index in [1.54, 1.807) is 74.9 Å². The van der Waals surface area contributed by atoms with E-state index in [-0.39, 0.29) is 5.69 Å². The smallest absolute Gasteiger partial charge is 0.288 e. The van der Waals surface area contributed by atoms with Crippen molar-refractivity contribution < 1.29 is 18.4 Å². The van der Waals surface area contributed by atoms with Gasteiger partial charge in [0, 0.05) is 18.1 Å². The molecule has 3 aromatic heterocycles. The molecule has 0 aliphatic heterocycles. The molecule has 158 valence electrons. The van der Waals surface area contributed by atoms with Crippen molar-refractivity contribution in [2.45, 2.75) is 13.8 Å².